The summed E-state index contributed by atoms with van der Waals surface area (Å²) in [5.74, 6) is 0.877. The first-order valence-electron chi connectivity index (χ1n) is 12.3. The summed E-state index contributed by atoms with van der Waals surface area (Å²) in [6.07, 6.45) is 2.40. The second kappa shape index (κ2) is 10.3. The van der Waals surface area contributed by atoms with E-state index in [1.807, 2.05) is 11.3 Å². The molecular formula is C32H35BOS. The summed E-state index contributed by atoms with van der Waals surface area (Å²) in [6, 6.07) is 22.3. The second-order valence-corrected chi connectivity index (χ2v) is 11.2. The van der Waals surface area contributed by atoms with Crippen LogP contribution in [0, 0.1) is 48.5 Å². The van der Waals surface area contributed by atoms with Crippen LogP contribution in [0.5, 0.6) is 5.75 Å². The van der Waals surface area contributed by atoms with Crippen molar-refractivity contribution in [2.24, 2.45) is 0 Å². The molecule has 178 valence electrons. The van der Waals surface area contributed by atoms with E-state index in [2.05, 4.69) is 115 Å². The molecule has 0 unspecified atom stereocenters. The van der Waals surface area contributed by atoms with Gasteiger partial charge in [-0.1, -0.05) is 86.2 Å². The molecule has 0 bridgehead atoms. The van der Waals surface area contributed by atoms with Crippen molar-refractivity contribution in [3.05, 3.63) is 109 Å². The van der Waals surface area contributed by atoms with Crippen molar-refractivity contribution in [3.8, 4) is 5.75 Å². The highest BCUT2D eigenvalue weighted by Crippen LogP contribution is 2.29. The Morgan fingerprint density at radius 3 is 1.57 bits per heavy atom. The average Bonchev–Trinajstić information content (AvgIpc) is 3.20. The minimum absolute atomic E-state index is 0.118. The normalized spacial score (nSPS) is 11.6. The molecule has 0 spiro atoms. The van der Waals surface area contributed by atoms with Gasteiger partial charge in [0, 0.05) is 9.75 Å². The minimum atomic E-state index is 0.118. The molecule has 0 atom stereocenters. The summed E-state index contributed by atoms with van der Waals surface area (Å²) in [5.41, 5.74) is 13.3. The van der Waals surface area contributed by atoms with Gasteiger partial charge in [-0.15, -0.1) is 11.3 Å². The molecule has 0 saturated carbocycles. The zero-order valence-electron chi connectivity index (χ0n) is 22.2. The van der Waals surface area contributed by atoms with Crippen LogP contribution in [0.1, 0.15) is 48.7 Å². The number of rotatable bonds is 6. The van der Waals surface area contributed by atoms with E-state index < -0.39 is 0 Å². The Labute approximate surface area is 215 Å². The van der Waals surface area contributed by atoms with Gasteiger partial charge in [0.05, 0.1) is 7.11 Å². The first kappa shape index (κ1) is 25.1. The predicted molar refractivity (Wildman–Crippen MR) is 156 cm³/mol. The van der Waals surface area contributed by atoms with Crippen molar-refractivity contribution in [1.82, 2.24) is 0 Å². The number of methoxy groups -OCH3 is 1. The third kappa shape index (κ3) is 5.31. The van der Waals surface area contributed by atoms with E-state index in [1.54, 1.807) is 7.11 Å². The van der Waals surface area contributed by atoms with E-state index in [0.717, 1.165) is 5.75 Å². The van der Waals surface area contributed by atoms with E-state index >= 15 is 0 Å². The molecule has 1 nitrogen and oxygen atoms in total. The summed E-state index contributed by atoms with van der Waals surface area (Å²) in [7, 11) is 1.72. The van der Waals surface area contributed by atoms with Gasteiger partial charge in [0.15, 0.2) is 0 Å². The Bertz CT molecular complexity index is 1290. The van der Waals surface area contributed by atoms with Crippen molar-refractivity contribution >= 4 is 40.5 Å². The first-order chi connectivity index (χ1) is 16.7. The molecule has 4 rings (SSSR count). The number of aryl methyl sites for hydroxylation is 7. The van der Waals surface area contributed by atoms with Crippen LogP contribution in [-0.2, 0) is 0 Å². The highest BCUT2D eigenvalue weighted by molar-refractivity contribution is 7.13. The molecule has 0 saturated heterocycles. The van der Waals surface area contributed by atoms with Gasteiger partial charge in [0.25, 0.3) is 0 Å². The minimum Gasteiger partial charge on any atom is -0.497 e. The van der Waals surface area contributed by atoms with Gasteiger partial charge < -0.3 is 4.74 Å². The summed E-state index contributed by atoms with van der Waals surface area (Å²) in [5, 5.41) is 0. The zero-order valence-corrected chi connectivity index (χ0v) is 23.1. The fraction of sp³-hybridized carbons (Fsp3) is 0.250. The molecule has 3 aromatic carbocycles. The summed E-state index contributed by atoms with van der Waals surface area (Å²) >= 11 is 1.85. The standard InChI is InChI=1S/C32H35BOS/c1-20-15-22(3)31(23(4)16-20)33(32-24(5)17-21(2)18-25(32)6)30(19-29-14-9-26(7)35-29)27-10-12-28(34-8)13-11-27/h9-19H,1-8H3. The SMILES string of the molecule is COc1ccc(C(=Cc2ccc(C)s2)B(c2c(C)cc(C)cc2C)c2c(C)cc(C)cc2C)cc1. The number of ether oxygens (including phenoxy) is 1. The van der Waals surface area contributed by atoms with Gasteiger partial charge in [-0.05, 0) is 84.4 Å². The molecule has 0 radical (unpaired) electrons. The lowest BCUT2D eigenvalue weighted by Crippen LogP contribution is -2.48. The second-order valence-electron chi connectivity index (χ2n) is 9.83. The number of thiophene rings is 1. The first-order valence-corrected chi connectivity index (χ1v) is 13.1. The average molecular weight is 479 g/mol. The smallest absolute Gasteiger partial charge is 0.243 e. The van der Waals surface area contributed by atoms with E-state index in [4.69, 9.17) is 4.74 Å². The maximum atomic E-state index is 5.49. The van der Waals surface area contributed by atoms with E-state index in [1.165, 1.54) is 65.1 Å². The molecule has 4 aromatic rings. The molecule has 0 N–H and O–H groups in total. The third-order valence-corrected chi connectivity index (χ3v) is 7.79. The van der Waals surface area contributed by atoms with E-state index in [0.29, 0.717) is 0 Å². The lowest BCUT2D eigenvalue weighted by Gasteiger charge is -2.27. The number of benzene rings is 3. The third-order valence-electron chi connectivity index (χ3n) is 6.85. The van der Waals surface area contributed by atoms with Gasteiger partial charge in [-0.2, -0.15) is 0 Å². The topological polar surface area (TPSA) is 9.23 Å². The van der Waals surface area contributed by atoms with Crippen LogP contribution in [-0.4, -0.2) is 13.8 Å². The molecule has 0 fully saturated rings. The number of hydrogen-bond acceptors (Lipinski definition) is 2. The van der Waals surface area contributed by atoms with Crippen molar-refractivity contribution in [2.45, 2.75) is 48.5 Å². The Morgan fingerprint density at radius 1 is 0.686 bits per heavy atom. The Morgan fingerprint density at radius 2 is 1.17 bits per heavy atom. The fourth-order valence-corrected chi connectivity index (χ4v) is 6.38. The van der Waals surface area contributed by atoms with Crippen LogP contribution < -0.4 is 15.7 Å². The molecule has 3 heteroatoms. The maximum absolute atomic E-state index is 5.49. The summed E-state index contributed by atoms with van der Waals surface area (Å²) in [4.78, 5) is 2.61. The molecule has 35 heavy (non-hydrogen) atoms. The molecular weight excluding hydrogens is 443 g/mol. The molecule has 1 aromatic heterocycles. The van der Waals surface area contributed by atoms with Crippen molar-refractivity contribution in [3.63, 3.8) is 0 Å². The van der Waals surface area contributed by atoms with Crippen molar-refractivity contribution in [1.29, 1.82) is 0 Å². The lowest BCUT2D eigenvalue weighted by atomic mass is 9.32. The maximum Gasteiger partial charge on any atom is 0.243 e. The Balaban J connectivity index is 2.08. The predicted octanol–water partition coefficient (Wildman–Crippen LogP) is 7.30. The van der Waals surface area contributed by atoms with Gasteiger partial charge >= 0.3 is 0 Å². The van der Waals surface area contributed by atoms with Crippen molar-refractivity contribution in [2.75, 3.05) is 7.11 Å². The highest BCUT2D eigenvalue weighted by Gasteiger charge is 2.31. The van der Waals surface area contributed by atoms with Crippen LogP contribution in [0.4, 0.5) is 0 Å². The fourth-order valence-electron chi connectivity index (χ4n) is 5.55. The molecule has 0 aliphatic carbocycles. The number of hydrogen-bond donors (Lipinski definition) is 0. The lowest BCUT2D eigenvalue weighted by molar-refractivity contribution is 0.415. The van der Waals surface area contributed by atoms with Gasteiger partial charge in [-0.25, -0.2) is 0 Å². The molecule has 0 aliphatic heterocycles. The van der Waals surface area contributed by atoms with E-state index in [9.17, 15) is 0 Å². The van der Waals surface area contributed by atoms with Gasteiger partial charge in [0.1, 0.15) is 5.75 Å². The van der Waals surface area contributed by atoms with Crippen LogP contribution in [0.15, 0.2) is 60.7 Å². The molecule has 0 aliphatic rings. The van der Waals surface area contributed by atoms with Crippen LogP contribution >= 0.6 is 11.3 Å². The Hall–Kier alpha value is -3.04. The van der Waals surface area contributed by atoms with Crippen LogP contribution in [0.3, 0.4) is 0 Å². The monoisotopic (exact) mass is 478 g/mol. The summed E-state index contributed by atoms with van der Waals surface area (Å²) < 4.78 is 5.49. The largest absolute Gasteiger partial charge is 0.497 e. The Kier molecular flexibility index (Phi) is 7.37. The molecule has 0 amide bonds. The summed E-state index contributed by atoms with van der Waals surface area (Å²) in [6.45, 7) is 15.7. The van der Waals surface area contributed by atoms with E-state index in [-0.39, 0.29) is 6.71 Å². The quantitative estimate of drug-likeness (QED) is 0.264. The zero-order chi connectivity index (χ0) is 25.3. The molecule has 1 heterocycles. The van der Waals surface area contributed by atoms with Gasteiger partial charge in [0.2, 0.25) is 6.71 Å². The highest BCUT2D eigenvalue weighted by atomic mass is 32.1. The van der Waals surface area contributed by atoms with Crippen molar-refractivity contribution < 1.29 is 4.74 Å². The van der Waals surface area contributed by atoms with Gasteiger partial charge in [-0.3, -0.25) is 0 Å². The van der Waals surface area contributed by atoms with Crippen LogP contribution in [0.2, 0.25) is 0 Å². The van der Waals surface area contributed by atoms with Crippen LogP contribution in [0.25, 0.3) is 11.5 Å².